The first kappa shape index (κ1) is 21.6. The summed E-state index contributed by atoms with van der Waals surface area (Å²) >= 11 is 0. The highest BCUT2D eigenvalue weighted by Gasteiger charge is 2.22. The third-order valence-electron chi connectivity index (χ3n) is 5.77. The maximum absolute atomic E-state index is 13.0. The van der Waals surface area contributed by atoms with E-state index < -0.39 is 0 Å². The predicted octanol–water partition coefficient (Wildman–Crippen LogP) is 3.66. The molecular weight excluding hydrogens is 406 g/mol. The van der Waals surface area contributed by atoms with Gasteiger partial charge >= 0.3 is 0 Å². The summed E-state index contributed by atoms with van der Waals surface area (Å²) in [6.07, 6.45) is 4.96. The molecule has 0 bridgehead atoms. The summed E-state index contributed by atoms with van der Waals surface area (Å²) in [6, 6.07) is 15.1. The van der Waals surface area contributed by atoms with Gasteiger partial charge < -0.3 is 19.0 Å². The second-order valence-corrected chi connectivity index (χ2v) is 7.82. The number of benzene rings is 2. The molecule has 1 aliphatic rings. The van der Waals surface area contributed by atoms with Gasteiger partial charge in [-0.05, 0) is 42.7 Å². The zero-order valence-electron chi connectivity index (χ0n) is 18.2. The van der Waals surface area contributed by atoms with Crippen LogP contribution in [0.25, 0.3) is 11.3 Å². The van der Waals surface area contributed by atoms with Gasteiger partial charge in [0.1, 0.15) is 5.75 Å². The first-order valence-electron chi connectivity index (χ1n) is 10.8. The van der Waals surface area contributed by atoms with Crippen LogP contribution < -0.4 is 4.74 Å². The van der Waals surface area contributed by atoms with E-state index in [0.29, 0.717) is 50.3 Å². The average Bonchev–Trinajstić information content (AvgIpc) is 3.27. The van der Waals surface area contributed by atoms with E-state index in [9.17, 15) is 9.59 Å². The fourth-order valence-electron chi connectivity index (χ4n) is 3.89. The molecule has 2 amide bonds. The summed E-state index contributed by atoms with van der Waals surface area (Å²) < 4.78 is 10.5. The standard InChI is InChI=1S/C25H27N3O4/c1-31-22-10-3-19(4-11-22)5-12-24(29)27-13-2-14-28(16-15-27)25(30)21-8-6-20(7-9-21)23-17-26-18-32-23/h3-4,6-11,17-18H,2,5,12-16H2,1H3. The van der Waals surface area contributed by atoms with Gasteiger partial charge in [0.2, 0.25) is 5.91 Å². The lowest BCUT2D eigenvalue weighted by molar-refractivity contribution is -0.131. The van der Waals surface area contributed by atoms with Gasteiger partial charge in [0.15, 0.2) is 12.2 Å². The van der Waals surface area contributed by atoms with Crippen LogP contribution in [0.4, 0.5) is 0 Å². The zero-order valence-corrected chi connectivity index (χ0v) is 18.2. The molecule has 166 valence electrons. The van der Waals surface area contributed by atoms with Crippen LogP contribution in [-0.4, -0.2) is 59.9 Å². The van der Waals surface area contributed by atoms with Gasteiger partial charge in [-0.1, -0.05) is 24.3 Å². The molecule has 0 radical (unpaired) electrons. The molecule has 7 nitrogen and oxygen atoms in total. The van der Waals surface area contributed by atoms with Gasteiger partial charge in [-0.3, -0.25) is 9.59 Å². The van der Waals surface area contributed by atoms with Crippen LogP contribution >= 0.6 is 0 Å². The van der Waals surface area contributed by atoms with Crippen molar-refractivity contribution >= 4 is 11.8 Å². The number of aromatic nitrogens is 1. The van der Waals surface area contributed by atoms with E-state index in [1.807, 2.05) is 58.3 Å². The summed E-state index contributed by atoms with van der Waals surface area (Å²) in [6.45, 7) is 2.42. The third kappa shape index (κ3) is 5.17. The number of hydrogen-bond acceptors (Lipinski definition) is 5. The molecule has 0 aliphatic carbocycles. The number of amides is 2. The van der Waals surface area contributed by atoms with Crippen molar-refractivity contribution in [3.8, 4) is 17.1 Å². The lowest BCUT2D eigenvalue weighted by Crippen LogP contribution is -2.37. The molecule has 1 fully saturated rings. The van der Waals surface area contributed by atoms with Crippen LogP contribution in [0.1, 0.15) is 28.8 Å². The minimum absolute atomic E-state index is 0.0124. The Labute approximate surface area is 187 Å². The largest absolute Gasteiger partial charge is 0.497 e. The molecule has 7 heteroatoms. The summed E-state index contributed by atoms with van der Waals surface area (Å²) in [5.74, 6) is 1.60. The summed E-state index contributed by atoms with van der Waals surface area (Å²) in [5.41, 5.74) is 2.62. The average molecular weight is 434 g/mol. The minimum atomic E-state index is -0.0124. The normalized spacial score (nSPS) is 14.2. The van der Waals surface area contributed by atoms with Crippen molar-refractivity contribution in [2.24, 2.45) is 0 Å². The molecular formula is C25H27N3O4. The Hall–Kier alpha value is -3.61. The molecule has 0 saturated carbocycles. The summed E-state index contributed by atoms with van der Waals surface area (Å²) in [5, 5.41) is 0. The second-order valence-electron chi connectivity index (χ2n) is 7.82. The quantitative estimate of drug-likeness (QED) is 0.593. The first-order valence-corrected chi connectivity index (χ1v) is 10.8. The van der Waals surface area contributed by atoms with Gasteiger partial charge in [-0.2, -0.15) is 0 Å². The molecule has 0 unspecified atom stereocenters. The molecule has 2 heterocycles. The van der Waals surface area contributed by atoms with Crippen LogP contribution in [0, 0.1) is 0 Å². The molecule has 4 rings (SSSR count). The molecule has 0 atom stereocenters. The van der Waals surface area contributed by atoms with Crippen molar-refractivity contribution in [3.05, 3.63) is 72.2 Å². The maximum Gasteiger partial charge on any atom is 0.253 e. The zero-order chi connectivity index (χ0) is 22.3. The fourth-order valence-corrected chi connectivity index (χ4v) is 3.89. The lowest BCUT2D eigenvalue weighted by atomic mass is 10.1. The Bertz CT molecular complexity index is 1030. The van der Waals surface area contributed by atoms with Crippen molar-refractivity contribution in [3.63, 3.8) is 0 Å². The van der Waals surface area contributed by atoms with Gasteiger partial charge in [0, 0.05) is 43.7 Å². The molecule has 1 saturated heterocycles. The number of carbonyl (C=O) groups excluding carboxylic acids is 2. The predicted molar refractivity (Wildman–Crippen MR) is 120 cm³/mol. The SMILES string of the molecule is COc1ccc(CCC(=O)N2CCCN(C(=O)c3ccc(-c4cnco4)cc3)CC2)cc1. The molecule has 0 spiro atoms. The van der Waals surface area contributed by atoms with Crippen molar-refractivity contribution in [2.75, 3.05) is 33.3 Å². The highest BCUT2D eigenvalue weighted by atomic mass is 16.5. The number of carbonyl (C=O) groups is 2. The van der Waals surface area contributed by atoms with E-state index in [4.69, 9.17) is 9.15 Å². The molecule has 2 aromatic carbocycles. The Balaban J connectivity index is 1.30. The van der Waals surface area contributed by atoms with Crippen molar-refractivity contribution in [1.82, 2.24) is 14.8 Å². The summed E-state index contributed by atoms with van der Waals surface area (Å²) in [4.78, 5) is 33.3. The molecule has 3 aromatic rings. The Morgan fingerprint density at radius 3 is 2.38 bits per heavy atom. The number of aryl methyl sites for hydroxylation is 1. The molecule has 1 aliphatic heterocycles. The van der Waals surface area contributed by atoms with E-state index in [0.717, 1.165) is 23.3 Å². The number of hydrogen-bond donors (Lipinski definition) is 0. The number of rotatable bonds is 6. The van der Waals surface area contributed by atoms with Crippen LogP contribution in [0.2, 0.25) is 0 Å². The highest BCUT2D eigenvalue weighted by molar-refractivity contribution is 5.94. The molecule has 0 N–H and O–H groups in total. The van der Waals surface area contributed by atoms with Crippen molar-refractivity contribution in [2.45, 2.75) is 19.3 Å². The minimum Gasteiger partial charge on any atom is -0.497 e. The van der Waals surface area contributed by atoms with E-state index in [-0.39, 0.29) is 11.8 Å². The summed E-state index contributed by atoms with van der Waals surface area (Å²) in [7, 11) is 1.64. The number of methoxy groups -OCH3 is 1. The van der Waals surface area contributed by atoms with Crippen LogP contribution in [0.3, 0.4) is 0 Å². The van der Waals surface area contributed by atoms with Gasteiger partial charge in [0.25, 0.3) is 5.91 Å². The van der Waals surface area contributed by atoms with Crippen LogP contribution in [0.5, 0.6) is 5.75 Å². The number of oxazole rings is 1. The van der Waals surface area contributed by atoms with Gasteiger partial charge in [0.05, 0.1) is 13.3 Å². The van der Waals surface area contributed by atoms with Gasteiger partial charge in [-0.15, -0.1) is 0 Å². The third-order valence-corrected chi connectivity index (χ3v) is 5.77. The van der Waals surface area contributed by atoms with E-state index in [1.54, 1.807) is 13.3 Å². The Morgan fingerprint density at radius 2 is 1.69 bits per heavy atom. The monoisotopic (exact) mass is 433 g/mol. The second kappa shape index (κ2) is 10.1. The first-order chi connectivity index (χ1) is 15.6. The Kier molecular flexibility index (Phi) is 6.84. The van der Waals surface area contributed by atoms with Crippen LogP contribution in [0.15, 0.2) is 65.5 Å². The van der Waals surface area contributed by atoms with Crippen LogP contribution in [-0.2, 0) is 11.2 Å². The topological polar surface area (TPSA) is 75.9 Å². The maximum atomic E-state index is 13.0. The fraction of sp³-hybridized carbons (Fsp3) is 0.320. The van der Waals surface area contributed by atoms with Gasteiger partial charge in [-0.25, -0.2) is 4.98 Å². The Morgan fingerprint density at radius 1 is 0.969 bits per heavy atom. The van der Waals surface area contributed by atoms with Crippen molar-refractivity contribution < 1.29 is 18.7 Å². The smallest absolute Gasteiger partial charge is 0.253 e. The lowest BCUT2D eigenvalue weighted by Gasteiger charge is -2.22. The number of nitrogens with zero attached hydrogens (tertiary/aromatic N) is 3. The van der Waals surface area contributed by atoms with E-state index >= 15 is 0 Å². The van der Waals surface area contributed by atoms with E-state index in [1.165, 1.54) is 6.39 Å². The molecule has 32 heavy (non-hydrogen) atoms. The molecule has 1 aromatic heterocycles. The highest BCUT2D eigenvalue weighted by Crippen LogP contribution is 2.20. The van der Waals surface area contributed by atoms with Crippen molar-refractivity contribution in [1.29, 1.82) is 0 Å². The number of ether oxygens (including phenoxy) is 1. The van der Waals surface area contributed by atoms with E-state index in [2.05, 4.69) is 4.98 Å².